The summed E-state index contributed by atoms with van der Waals surface area (Å²) < 4.78 is 1.39. The van der Waals surface area contributed by atoms with Crippen LogP contribution in [0.2, 0.25) is 0 Å². The highest BCUT2D eigenvalue weighted by molar-refractivity contribution is 5.97. The van der Waals surface area contributed by atoms with E-state index in [1.807, 2.05) is 91.0 Å². The van der Waals surface area contributed by atoms with Gasteiger partial charge in [0, 0.05) is 24.1 Å². The second kappa shape index (κ2) is 8.63. The summed E-state index contributed by atoms with van der Waals surface area (Å²) in [7, 11) is 0. The van der Waals surface area contributed by atoms with Crippen LogP contribution in [0.1, 0.15) is 6.92 Å². The van der Waals surface area contributed by atoms with E-state index in [-0.39, 0.29) is 11.5 Å². The molecule has 1 amide bonds. The summed E-state index contributed by atoms with van der Waals surface area (Å²) in [5, 5.41) is 8.49. The van der Waals surface area contributed by atoms with Crippen LogP contribution in [0.5, 0.6) is 0 Å². The summed E-state index contributed by atoms with van der Waals surface area (Å²) in [4.78, 5) is 33.9. The fourth-order valence-corrected chi connectivity index (χ4v) is 4.52. The highest BCUT2D eigenvalue weighted by Gasteiger charge is 2.23. The minimum atomic E-state index is -0.338. The third-order valence-corrected chi connectivity index (χ3v) is 6.09. The number of anilines is 1. The van der Waals surface area contributed by atoms with Crippen LogP contribution in [0.25, 0.3) is 50.1 Å². The molecule has 0 spiro atoms. The zero-order chi connectivity index (χ0) is 24.6. The Kier molecular flexibility index (Phi) is 5.15. The number of fused-ring (bicyclic) bond motifs is 2. The minimum absolute atomic E-state index is 0.289. The Labute approximate surface area is 206 Å². The molecule has 3 heterocycles. The molecule has 3 aromatic carbocycles. The monoisotopic (exact) mass is 471 g/mol. The number of hydrogen-bond acceptors (Lipinski definition) is 4. The van der Waals surface area contributed by atoms with Crippen LogP contribution in [0.4, 0.5) is 5.82 Å². The van der Waals surface area contributed by atoms with Crippen LogP contribution >= 0.6 is 0 Å². The fourth-order valence-electron chi connectivity index (χ4n) is 4.52. The van der Waals surface area contributed by atoms with Crippen LogP contribution in [0.15, 0.2) is 102 Å². The number of aromatic nitrogens is 4. The summed E-state index contributed by atoms with van der Waals surface area (Å²) >= 11 is 0. The second-order valence-electron chi connectivity index (χ2n) is 8.49. The molecule has 3 aromatic heterocycles. The first kappa shape index (κ1) is 21.5. The zero-order valence-electron chi connectivity index (χ0n) is 19.4. The average molecular weight is 472 g/mol. The van der Waals surface area contributed by atoms with Crippen molar-refractivity contribution in [2.75, 3.05) is 5.32 Å². The molecule has 0 aliphatic heterocycles. The first-order valence-electron chi connectivity index (χ1n) is 11.5. The maximum atomic E-state index is 14.0. The first-order chi connectivity index (χ1) is 17.6. The number of carbonyl (C=O) groups is 1. The van der Waals surface area contributed by atoms with E-state index in [1.165, 1.54) is 11.4 Å². The molecule has 0 unspecified atom stereocenters. The molecule has 0 bridgehead atoms. The Morgan fingerprint density at radius 3 is 2.28 bits per heavy atom. The number of H-pyrrole nitrogens is 1. The molecule has 0 saturated carbocycles. The topological polar surface area (TPSA) is 92.1 Å². The van der Waals surface area contributed by atoms with E-state index >= 15 is 0 Å². The standard InChI is InChI=1S/C29H21N5O2/c1-18(35)31-27-25(22-14-15-23-21(17-22)13-8-16-30-23)29(36)34-28(32-27)24(19-9-4-2-5-10-19)26(33-34)20-11-6-3-7-12-20/h2-17,32H,1H3,(H,31,35). The van der Waals surface area contributed by atoms with Crippen molar-refractivity contribution in [1.29, 1.82) is 0 Å². The number of aromatic amines is 1. The number of pyridine rings is 1. The van der Waals surface area contributed by atoms with Crippen molar-refractivity contribution >= 4 is 28.3 Å². The Bertz CT molecular complexity index is 1810. The molecule has 7 nitrogen and oxygen atoms in total. The Balaban J connectivity index is 1.70. The summed E-state index contributed by atoms with van der Waals surface area (Å²) in [6, 6.07) is 28.9. The number of amides is 1. The molecule has 0 radical (unpaired) electrons. The van der Waals surface area contributed by atoms with Gasteiger partial charge < -0.3 is 10.3 Å². The van der Waals surface area contributed by atoms with Gasteiger partial charge in [-0.25, -0.2) is 0 Å². The third kappa shape index (κ3) is 3.63. The lowest BCUT2D eigenvalue weighted by Gasteiger charge is -2.12. The van der Waals surface area contributed by atoms with Crippen molar-refractivity contribution in [3.63, 3.8) is 0 Å². The van der Waals surface area contributed by atoms with Crippen LogP contribution in [-0.2, 0) is 4.79 Å². The molecular formula is C29H21N5O2. The lowest BCUT2D eigenvalue weighted by Crippen LogP contribution is -2.21. The Hall–Kier alpha value is -5.04. The number of carbonyl (C=O) groups excluding carboxylic acids is 1. The van der Waals surface area contributed by atoms with Crippen molar-refractivity contribution in [1.82, 2.24) is 19.6 Å². The summed E-state index contributed by atoms with van der Waals surface area (Å²) in [6.07, 6.45) is 1.73. The minimum Gasteiger partial charge on any atom is -0.325 e. The van der Waals surface area contributed by atoms with Crippen LogP contribution in [0, 0.1) is 0 Å². The summed E-state index contributed by atoms with van der Waals surface area (Å²) in [5.41, 5.74) is 5.19. The molecule has 6 rings (SSSR count). The number of rotatable bonds is 4. The molecular weight excluding hydrogens is 450 g/mol. The van der Waals surface area contributed by atoms with E-state index < -0.39 is 0 Å². The van der Waals surface area contributed by atoms with Gasteiger partial charge >= 0.3 is 0 Å². The lowest BCUT2D eigenvalue weighted by atomic mass is 10.0. The van der Waals surface area contributed by atoms with Gasteiger partial charge in [0.05, 0.1) is 16.6 Å². The first-order valence-corrected chi connectivity index (χ1v) is 11.5. The molecule has 0 fully saturated rings. The third-order valence-electron chi connectivity index (χ3n) is 6.09. The highest BCUT2D eigenvalue weighted by atomic mass is 16.1. The number of nitrogens with zero attached hydrogens (tertiary/aromatic N) is 3. The Morgan fingerprint density at radius 2 is 1.56 bits per heavy atom. The van der Waals surface area contributed by atoms with Crippen LogP contribution in [-0.4, -0.2) is 25.5 Å². The van der Waals surface area contributed by atoms with Crippen LogP contribution in [0.3, 0.4) is 0 Å². The van der Waals surface area contributed by atoms with E-state index in [1.54, 1.807) is 6.20 Å². The van der Waals surface area contributed by atoms with Crippen molar-refractivity contribution in [2.45, 2.75) is 6.92 Å². The summed E-state index contributed by atoms with van der Waals surface area (Å²) in [5.74, 6) is 0.0303. The van der Waals surface area contributed by atoms with Gasteiger partial charge in [0.25, 0.3) is 5.56 Å². The van der Waals surface area contributed by atoms with Gasteiger partial charge in [-0.05, 0) is 29.3 Å². The quantitative estimate of drug-likeness (QED) is 0.354. The number of nitrogens with one attached hydrogen (secondary N) is 2. The van der Waals surface area contributed by atoms with Crippen molar-refractivity contribution in [3.05, 3.63) is 108 Å². The molecule has 0 aliphatic rings. The van der Waals surface area contributed by atoms with Gasteiger partial charge in [0.2, 0.25) is 5.91 Å². The number of hydrogen-bond donors (Lipinski definition) is 2. The van der Waals surface area contributed by atoms with Crippen LogP contribution < -0.4 is 10.9 Å². The zero-order valence-corrected chi connectivity index (χ0v) is 19.4. The summed E-state index contributed by atoms with van der Waals surface area (Å²) in [6.45, 7) is 1.42. The average Bonchev–Trinajstić information content (AvgIpc) is 3.29. The molecule has 7 heteroatoms. The lowest BCUT2D eigenvalue weighted by molar-refractivity contribution is -0.114. The molecule has 0 saturated heterocycles. The van der Waals surface area contributed by atoms with Crippen molar-refractivity contribution < 1.29 is 4.79 Å². The smallest absolute Gasteiger partial charge is 0.284 e. The molecule has 0 aliphatic carbocycles. The molecule has 0 atom stereocenters. The Morgan fingerprint density at radius 1 is 0.833 bits per heavy atom. The maximum absolute atomic E-state index is 14.0. The SMILES string of the molecule is CC(=O)Nc1[nH]c2c(-c3ccccc3)c(-c3ccccc3)nn2c(=O)c1-c1ccc2ncccc2c1. The van der Waals surface area contributed by atoms with Crippen molar-refractivity contribution in [3.8, 4) is 33.5 Å². The van der Waals surface area contributed by atoms with Gasteiger partial charge in [0.1, 0.15) is 17.2 Å². The predicted molar refractivity (Wildman–Crippen MR) is 142 cm³/mol. The van der Waals surface area contributed by atoms with E-state index in [2.05, 4.69) is 15.3 Å². The second-order valence-corrected chi connectivity index (χ2v) is 8.49. The van der Waals surface area contributed by atoms with Gasteiger partial charge in [-0.1, -0.05) is 72.8 Å². The maximum Gasteiger partial charge on any atom is 0.284 e. The fraction of sp³-hybridized carbons (Fsp3) is 0.0345. The molecule has 6 aromatic rings. The highest BCUT2D eigenvalue weighted by Crippen LogP contribution is 2.36. The predicted octanol–water partition coefficient (Wildman–Crippen LogP) is 5.53. The number of benzene rings is 3. The van der Waals surface area contributed by atoms with E-state index in [0.29, 0.717) is 28.3 Å². The van der Waals surface area contributed by atoms with Gasteiger partial charge in [-0.2, -0.15) is 9.61 Å². The molecule has 174 valence electrons. The van der Waals surface area contributed by atoms with Gasteiger partial charge in [-0.15, -0.1) is 0 Å². The van der Waals surface area contributed by atoms with E-state index in [4.69, 9.17) is 5.10 Å². The largest absolute Gasteiger partial charge is 0.325 e. The normalized spacial score (nSPS) is 11.1. The van der Waals surface area contributed by atoms with E-state index in [0.717, 1.165) is 27.6 Å². The van der Waals surface area contributed by atoms with Gasteiger partial charge in [-0.3, -0.25) is 14.6 Å². The van der Waals surface area contributed by atoms with Gasteiger partial charge in [0.15, 0.2) is 0 Å². The molecule has 2 N–H and O–H groups in total. The van der Waals surface area contributed by atoms with Crippen molar-refractivity contribution in [2.24, 2.45) is 0 Å². The van der Waals surface area contributed by atoms with E-state index in [9.17, 15) is 9.59 Å². The molecule has 36 heavy (non-hydrogen) atoms.